The molecule has 1 N–H and O–H groups in total. The number of non-ortho nitro benzene ring substituents is 1. The van der Waals surface area contributed by atoms with E-state index >= 15 is 0 Å². The quantitative estimate of drug-likeness (QED) is 0.670. The van der Waals surface area contributed by atoms with Crippen LogP contribution in [0.5, 0.6) is 5.75 Å². The lowest BCUT2D eigenvalue weighted by molar-refractivity contribution is -0.384. The molecule has 136 valence electrons. The van der Waals surface area contributed by atoms with Gasteiger partial charge in [0.2, 0.25) is 0 Å². The summed E-state index contributed by atoms with van der Waals surface area (Å²) in [6.07, 6.45) is 0.0631. The molecule has 0 spiro atoms. The minimum atomic E-state index is -0.864. The second kappa shape index (κ2) is 7.09. The first kappa shape index (κ1) is 17.8. The van der Waals surface area contributed by atoms with Crippen LogP contribution >= 0.6 is 0 Å². The van der Waals surface area contributed by atoms with Gasteiger partial charge in [0.25, 0.3) is 11.6 Å². The van der Waals surface area contributed by atoms with Crippen molar-refractivity contribution in [3.63, 3.8) is 0 Å². The lowest BCUT2D eigenvalue weighted by atomic mass is 10.0. The number of nitrogens with zero attached hydrogens (tertiary/aromatic N) is 2. The summed E-state index contributed by atoms with van der Waals surface area (Å²) in [5.74, 6) is -0.846. The number of nitro groups is 1. The first-order valence-electron chi connectivity index (χ1n) is 8.04. The number of benzene rings is 2. The molecule has 1 unspecified atom stereocenters. The van der Waals surface area contributed by atoms with Crippen molar-refractivity contribution in [1.29, 1.82) is 0 Å². The standard InChI is InChI=1S/C18H17FN2O5/c1-26-17-10-12(21(24)25)5-6-13(17)18(23)20-8-2-3-16(22)14-9-11(19)4-7-15(14)20/h4-7,9-10,16,22H,2-3,8H2,1H3. The predicted octanol–water partition coefficient (Wildman–Crippen LogP) is 3.22. The molecule has 0 fully saturated rings. The molecular weight excluding hydrogens is 343 g/mol. The summed E-state index contributed by atoms with van der Waals surface area (Å²) in [5.41, 5.74) is 0.732. The zero-order valence-corrected chi connectivity index (χ0v) is 14.0. The Morgan fingerprint density at radius 2 is 2.12 bits per heavy atom. The Labute approximate surface area is 148 Å². The van der Waals surface area contributed by atoms with Crippen molar-refractivity contribution < 1.29 is 24.0 Å². The highest BCUT2D eigenvalue weighted by Crippen LogP contribution is 2.35. The number of nitro benzene ring substituents is 1. The molecule has 0 saturated carbocycles. The molecule has 0 bridgehead atoms. The van der Waals surface area contributed by atoms with Gasteiger partial charge in [0.1, 0.15) is 11.6 Å². The Bertz CT molecular complexity index is 871. The second-order valence-electron chi connectivity index (χ2n) is 5.96. The first-order chi connectivity index (χ1) is 12.4. The number of halogens is 1. The summed E-state index contributed by atoms with van der Waals surface area (Å²) in [5, 5.41) is 21.2. The van der Waals surface area contributed by atoms with Crippen LogP contribution in [-0.4, -0.2) is 29.6 Å². The number of fused-ring (bicyclic) bond motifs is 1. The number of rotatable bonds is 3. The number of amides is 1. The fraction of sp³-hybridized carbons (Fsp3) is 0.278. The monoisotopic (exact) mass is 360 g/mol. The highest BCUT2D eigenvalue weighted by Gasteiger charge is 2.28. The molecule has 2 aromatic rings. The van der Waals surface area contributed by atoms with Crippen LogP contribution in [0.4, 0.5) is 15.8 Å². The number of methoxy groups -OCH3 is 1. The molecule has 3 rings (SSSR count). The van der Waals surface area contributed by atoms with Crippen molar-refractivity contribution in [2.24, 2.45) is 0 Å². The Balaban J connectivity index is 2.05. The number of aliphatic hydroxyl groups excluding tert-OH is 1. The third-order valence-corrected chi connectivity index (χ3v) is 4.37. The molecule has 1 aliphatic heterocycles. The molecule has 8 heteroatoms. The summed E-state index contributed by atoms with van der Waals surface area (Å²) in [6, 6.07) is 7.65. The fourth-order valence-corrected chi connectivity index (χ4v) is 3.08. The normalized spacial score (nSPS) is 16.6. The molecule has 0 radical (unpaired) electrons. The number of carbonyl (C=O) groups is 1. The summed E-state index contributed by atoms with van der Waals surface area (Å²) in [6.45, 7) is 0.328. The Morgan fingerprint density at radius 3 is 2.81 bits per heavy atom. The van der Waals surface area contributed by atoms with Crippen LogP contribution in [0.3, 0.4) is 0 Å². The first-order valence-corrected chi connectivity index (χ1v) is 8.04. The third kappa shape index (κ3) is 3.23. The maximum atomic E-state index is 13.6. The van der Waals surface area contributed by atoms with Gasteiger partial charge in [-0.3, -0.25) is 14.9 Å². The van der Waals surface area contributed by atoms with Crippen LogP contribution < -0.4 is 9.64 Å². The van der Waals surface area contributed by atoms with Gasteiger partial charge >= 0.3 is 0 Å². The average Bonchev–Trinajstić information content (AvgIpc) is 2.79. The van der Waals surface area contributed by atoms with Crippen molar-refractivity contribution in [3.05, 3.63) is 63.5 Å². The molecular formula is C18H17FN2O5. The lowest BCUT2D eigenvalue weighted by Gasteiger charge is -2.24. The maximum absolute atomic E-state index is 13.6. The van der Waals surface area contributed by atoms with E-state index < -0.39 is 22.8 Å². The summed E-state index contributed by atoms with van der Waals surface area (Å²) in [7, 11) is 1.32. The summed E-state index contributed by atoms with van der Waals surface area (Å²) >= 11 is 0. The van der Waals surface area contributed by atoms with E-state index in [1.165, 1.54) is 48.4 Å². The summed E-state index contributed by atoms with van der Waals surface area (Å²) < 4.78 is 18.7. The summed E-state index contributed by atoms with van der Waals surface area (Å²) in [4.78, 5) is 24.9. The van der Waals surface area contributed by atoms with Crippen LogP contribution in [0, 0.1) is 15.9 Å². The van der Waals surface area contributed by atoms with Gasteiger partial charge in [0.15, 0.2) is 0 Å². The molecule has 26 heavy (non-hydrogen) atoms. The van der Waals surface area contributed by atoms with E-state index in [4.69, 9.17) is 4.74 Å². The molecule has 0 aliphatic carbocycles. The van der Waals surface area contributed by atoms with Crippen LogP contribution in [0.15, 0.2) is 36.4 Å². The predicted molar refractivity (Wildman–Crippen MR) is 91.9 cm³/mol. The Kier molecular flexibility index (Phi) is 4.85. The number of hydrogen-bond acceptors (Lipinski definition) is 5. The van der Waals surface area contributed by atoms with Crippen molar-refractivity contribution >= 4 is 17.3 Å². The van der Waals surface area contributed by atoms with Gasteiger partial charge in [-0.25, -0.2) is 4.39 Å². The van der Waals surface area contributed by atoms with Crippen molar-refractivity contribution in [3.8, 4) is 5.75 Å². The van der Waals surface area contributed by atoms with Crippen molar-refractivity contribution in [2.45, 2.75) is 18.9 Å². The highest BCUT2D eigenvalue weighted by atomic mass is 19.1. The van der Waals surface area contributed by atoms with E-state index in [2.05, 4.69) is 0 Å². The molecule has 1 heterocycles. The maximum Gasteiger partial charge on any atom is 0.273 e. The van der Waals surface area contributed by atoms with Crippen molar-refractivity contribution in [2.75, 3.05) is 18.6 Å². The number of anilines is 1. The van der Waals surface area contributed by atoms with Gasteiger partial charge in [0.05, 0.1) is 29.8 Å². The lowest BCUT2D eigenvalue weighted by Crippen LogP contribution is -2.32. The second-order valence-corrected chi connectivity index (χ2v) is 5.96. The molecule has 0 aromatic heterocycles. The van der Waals surface area contributed by atoms with Crippen LogP contribution in [-0.2, 0) is 0 Å². The Hall–Kier alpha value is -3.00. The van der Waals surface area contributed by atoms with E-state index in [0.29, 0.717) is 30.6 Å². The zero-order valence-electron chi connectivity index (χ0n) is 14.0. The third-order valence-electron chi connectivity index (χ3n) is 4.37. The molecule has 1 aliphatic rings. The van der Waals surface area contributed by atoms with Crippen LogP contribution in [0.25, 0.3) is 0 Å². The van der Waals surface area contributed by atoms with Crippen molar-refractivity contribution in [1.82, 2.24) is 0 Å². The number of ether oxygens (including phenoxy) is 1. The number of aliphatic hydroxyl groups is 1. The molecule has 2 aromatic carbocycles. The van der Waals surface area contributed by atoms with Gasteiger partial charge in [-0.2, -0.15) is 0 Å². The number of hydrogen-bond donors (Lipinski definition) is 1. The van der Waals surface area contributed by atoms with Gasteiger partial charge < -0.3 is 14.7 Å². The van der Waals surface area contributed by atoms with Gasteiger partial charge in [-0.15, -0.1) is 0 Å². The molecule has 1 atom stereocenters. The largest absolute Gasteiger partial charge is 0.496 e. The van der Waals surface area contributed by atoms with Gasteiger partial charge in [-0.05, 0) is 37.1 Å². The molecule has 7 nitrogen and oxygen atoms in total. The minimum absolute atomic E-state index is 0.0812. The smallest absolute Gasteiger partial charge is 0.273 e. The van der Waals surface area contributed by atoms with E-state index in [0.717, 1.165) is 0 Å². The average molecular weight is 360 g/mol. The van der Waals surface area contributed by atoms with E-state index in [1.54, 1.807) is 0 Å². The van der Waals surface area contributed by atoms with E-state index in [1.807, 2.05) is 0 Å². The zero-order chi connectivity index (χ0) is 18.8. The Morgan fingerprint density at radius 1 is 1.35 bits per heavy atom. The minimum Gasteiger partial charge on any atom is -0.496 e. The van der Waals surface area contributed by atoms with Gasteiger partial charge in [-0.1, -0.05) is 0 Å². The fourth-order valence-electron chi connectivity index (χ4n) is 3.08. The molecule has 1 amide bonds. The highest BCUT2D eigenvalue weighted by molar-refractivity contribution is 6.08. The van der Waals surface area contributed by atoms with Crippen LogP contribution in [0.2, 0.25) is 0 Å². The SMILES string of the molecule is COc1cc([N+](=O)[O-])ccc1C(=O)N1CCCC(O)c2cc(F)ccc21. The topological polar surface area (TPSA) is 92.9 Å². The van der Waals surface area contributed by atoms with E-state index in [-0.39, 0.29) is 17.0 Å². The van der Waals surface area contributed by atoms with E-state index in [9.17, 15) is 24.4 Å². The van der Waals surface area contributed by atoms with Crippen LogP contribution in [0.1, 0.15) is 34.9 Å². The number of carbonyl (C=O) groups excluding carboxylic acids is 1. The van der Waals surface area contributed by atoms with Gasteiger partial charge in [0, 0.05) is 23.9 Å². The molecule has 0 saturated heterocycles.